The van der Waals surface area contributed by atoms with E-state index in [0.29, 0.717) is 0 Å². The van der Waals surface area contributed by atoms with Crippen molar-refractivity contribution in [2.45, 2.75) is 32.4 Å². The Morgan fingerprint density at radius 1 is 1.22 bits per heavy atom. The van der Waals surface area contributed by atoms with E-state index in [2.05, 4.69) is 0 Å². The van der Waals surface area contributed by atoms with Gasteiger partial charge in [-0.2, -0.15) is 0 Å². The molecular formula is C6H14O2S. The molecule has 0 saturated carbocycles. The highest BCUT2D eigenvalue weighted by Crippen LogP contribution is 2.14. The molecule has 0 bridgehead atoms. The van der Waals surface area contributed by atoms with Crippen LogP contribution in [0.2, 0.25) is 0 Å². The van der Waals surface area contributed by atoms with Gasteiger partial charge < -0.3 is 0 Å². The normalized spacial score (nSPS) is 13.8. The van der Waals surface area contributed by atoms with E-state index in [9.17, 15) is 8.42 Å². The molecule has 3 heteroatoms. The number of hydrogen-bond donors (Lipinski definition) is 0. The fourth-order valence-corrected chi connectivity index (χ4v) is 1.30. The van der Waals surface area contributed by atoms with Gasteiger partial charge in [-0.05, 0) is 20.8 Å². The Morgan fingerprint density at radius 2 is 1.56 bits per heavy atom. The molecule has 0 unspecified atom stereocenters. The van der Waals surface area contributed by atoms with E-state index in [1.54, 1.807) is 27.7 Å². The Balaban J connectivity index is 4.57. The summed E-state index contributed by atoms with van der Waals surface area (Å²) in [5.74, 6) is 0.233. The van der Waals surface area contributed by atoms with E-state index in [1.165, 1.54) is 0 Å². The topological polar surface area (TPSA) is 34.1 Å². The third-order valence-corrected chi connectivity index (χ3v) is 3.94. The summed E-state index contributed by atoms with van der Waals surface area (Å²) in [4.78, 5) is 0. The maximum atomic E-state index is 11.0. The molecule has 0 aliphatic heterocycles. The van der Waals surface area contributed by atoms with Gasteiger partial charge in [-0.1, -0.05) is 6.92 Å². The van der Waals surface area contributed by atoms with Crippen molar-refractivity contribution >= 4 is 9.84 Å². The summed E-state index contributed by atoms with van der Waals surface area (Å²) in [6, 6.07) is 0. The second kappa shape index (κ2) is 2.29. The van der Waals surface area contributed by atoms with Gasteiger partial charge in [-0.15, -0.1) is 0 Å². The van der Waals surface area contributed by atoms with Crippen molar-refractivity contribution < 1.29 is 8.42 Å². The van der Waals surface area contributed by atoms with Crippen molar-refractivity contribution in [2.24, 2.45) is 0 Å². The molecule has 0 aromatic heterocycles. The Morgan fingerprint density at radius 3 is 1.56 bits per heavy atom. The van der Waals surface area contributed by atoms with Crippen LogP contribution >= 0.6 is 0 Å². The van der Waals surface area contributed by atoms with Crippen LogP contribution in [0.15, 0.2) is 0 Å². The van der Waals surface area contributed by atoms with Crippen LogP contribution in [0.4, 0.5) is 0 Å². The van der Waals surface area contributed by atoms with Gasteiger partial charge in [0.05, 0.1) is 4.75 Å². The van der Waals surface area contributed by atoms with Crippen LogP contribution in [-0.2, 0) is 9.84 Å². The predicted molar refractivity (Wildman–Crippen MR) is 39.2 cm³/mol. The first kappa shape index (κ1) is 8.95. The summed E-state index contributed by atoms with van der Waals surface area (Å²) >= 11 is 0. The zero-order valence-corrected chi connectivity index (χ0v) is 7.25. The van der Waals surface area contributed by atoms with Gasteiger partial charge in [0.15, 0.2) is 9.84 Å². The average Bonchev–Trinajstić information content (AvgIpc) is 1.64. The largest absolute Gasteiger partial charge is 0.228 e. The molecule has 0 aliphatic rings. The Hall–Kier alpha value is -0.0500. The lowest BCUT2D eigenvalue weighted by atomic mass is 10.3. The molecule has 0 aromatic rings. The van der Waals surface area contributed by atoms with Gasteiger partial charge in [0.2, 0.25) is 0 Å². The number of sulfone groups is 1. The molecule has 0 atom stereocenters. The highest BCUT2D eigenvalue weighted by molar-refractivity contribution is 7.92. The van der Waals surface area contributed by atoms with Gasteiger partial charge in [0, 0.05) is 5.75 Å². The molecule has 0 aromatic carbocycles. The quantitative estimate of drug-likeness (QED) is 0.563. The molecule has 0 radical (unpaired) electrons. The van der Waals surface area contributed by atoms with E-state index in [0.717, 1.165) is 0 Å². The third kappa shape index (κ3) is 1.97. The van der Waals surface area contributed by atoms with Crippen LogP contribution in [0, 0.1) is 0 Å². The van der Waals surface area contributed by atoms with Gasteiger partial charge in [-0.25, -0.2) is 8.42 Å². The van der Waals surface area contributed by atoms with Gasteiger partial charge in [-0.3, -0.25) is 0 Å². The first-order valence-electron chi connectivity index (χ1n) is 3.03. The predicted octanol–water partition coefficient (Wildman–Crippen LogP) is 1.22. The molecule has 0 rings (SSSR count). The molecule has 0 saturated heterocycles. The Kier molecular flexibility index (Phi) is 2.28. The highest BCUT2D eigenvalue weighted by Gasteiger charge is 2.26. The van der Waals surface area contributed by atoms with Crippen LogP contribution in [0.1, 0.15) is 27.7 Å². The van der Waals surface area contributed by atoms with E-state index in [1.807, 2.05) is 0 Å². The minimum Gasteiger partial charge on any atom is -0.228 e. The van der Waals surface area contributed by atoms with Crippen molar-refractivity contribution in [3.63, 3.8) is 0 Å². The maximum Gasteiger partial charge on any atom is 0.154 e. The average molecular weight is 150 g/mol. The van der Waals surface area contributed by atoms with Crippen molar-refractivity contribution in [3.05, 3.63) is 0 Å². The fourth-order valence-electron chi connectivity index (χ4n) is 0.433. The molecule has 0 N–H and O–H groups in total. The first-order valence-corrected chi connectivity index (χ1v) is 4.69. The minimum atomic E-state index is -2.84. The standard InChI is InChI=1S/C6H14O2S/c1-5-9(7,8)6(2,3)4/h5H2,1-4H3. The number of hydrogen-bond acceptors (Lipinski definition) is 2. The zero-order chi connectivity index (χ0) is 7.71. The maximum absolute atomic E-state index is 11.0. The molecule has 0 fully saturated rings. The van der Waals surface area contributed by atoms with Gasteiger partial charge in [0.25, 0.3) is 0 Å². The summed E-state index contributed by atoms with van der Waals surface area (Å²) in [7, 11) is -2.84. The SMILES string of the molecule is CCS(=O)(=O)C(C)(C)C. The second-order valence-corrected chi connectivity index (χ2v) is 6.05. The zero-order valence-electron chi connectivity index (χ0n) is 6.43. The molecule has 0 heterocycles. The van der Waals surface area contributed by atoms with Crippen molar-refractivity contribution in [3.8, 4) is 0 Å². The van der Waals surface area contributed by atoms with E-state index < -0.39 is 14.6 Å². The fraction of sp³-hybridized carbons (Fsp3) is 1.00. The lowest BCUT2D eigenvalue weighted by molar-refractivity contribution is 0.561. The van der Waals surface area contributed by atoms with Crippen LogP contribution in [0.5, 0.6) is 0 Å². The molecule has 0 aliphatic carbocycles. The lowest BCUT2D eigenvalue weighted by Crippen LogP contribution is -2.29. The molecule has 0 amide bonds. The van der Waals surface area contributed by atoms with Crippen molar-refractivity contribution in [2.75, 3.05) is 5.75 Å². The Bertz CT molecular complexity index is 172. The van der Waals surface area contributed by atoms with E-state index in [-0.39, 0.29) is 5.75 Å². The van der Waals surface area contributed by atoms with Crippen LogP contribution in [0.3, 0.4) is 0 Å². The van der Waals surface area contributed by atoms with Crippen molar-refractivity contribution in [1.82, 2.24) is 0 Å². The van der Waals surface area contributed by atoms with Gasteiger partial charge in [0.1, 0.15) is 0 Å². The van der Waals surface area contributed by atoms with Crippen LogP contribution in [-0.4, -0.2) is 18.9 Å². The summed E-state index contributed by atoms with van der Waals surface area (Å²) in [5.41, 5.74) is 0. The second-order valence-electron chi connectivity index (χ2n) is 3.02. The summed E-state index contributed by atoms with van der Waals surface area (Å²) in [6.45, 7) is 6.81. The van der Waals surface area contributed by atoms with Crippen molar-refractivity contribution in [1.29, 1.82) is 0 Å². The highest BCUT2D eigenvalue weighted by atomic mass is 32.2. The first-order chi connectivity index (χ1) is 3.81. The lowest BCUT2D eigenvalue weighted by Gasteiger charge is -2.16. The molecular weight excluding hydrogens is 136 g/mol. The molecule has 56 valence electrons. The minimum absolute atomic E-state index is 0.233. The smallest absolute Gasteiger partial charge is 0.154 e. The van der Waals surface area contributed by atoms with Crippen LogP contribution < -0.4 is 0 Å². The van der Waals surface area contributed by atoms with Gasteiger partial charge >= 0.3 is 0 Å². The molecule has 2 nitrogen and oxygen atoms in total. The Labute approximate surface area is 57.2 Å². The van der Waals surface area contributed by atoms with E-state index in [4.69, 9.17) is 0 Å². The van der Waals surface area contributed by atoms with Crippen LogP contribution in [0.25, 0.3) is 0 Å². The summed E-state index contributed by atoms with van der Waals surface area (Å²) in [5, 5.41) is 0. The summed E-state index contributed by atoms with van der Waals surface area (Å²) in [6.07, 6.45) is 0. The molecule has 9 heavy (non-hydrogen) atoms. The monoisotopic (exact) mass is 150 g/mol. The third-order valence-electron chi connectivity index (χ3n) is 1.31. The van der Waals surface area contributed by atoms with E-state index >= 15 is 0 Å². The number of rotatable bonds is 1. The molecule has 0 spiro atoms. The summed E-state index contributed by atoms with van der Waals surface area (Å²) < 4.78 is 21.5.